The van der Waals surface area contributed by atoms with Gasteiger partial charge in [-0.25, -0.2) is 4.98 Å². The largest absolute Gasteiger partial charge is 0.342 e. The average molecular weight is 497 g/mol. The molecule has 31 heavy (non-hydrogen) atoms. The van der Waals surface area contributed by atoms with Crippen molar-refractivity contribution in [1.29, 1.82) is 0 Å². The number of amides is 2. The number of nitrogens with zero attached hydrogens (tertiary/aromatic N) is 4. The van der Waals surface area contributed by atoms with E-state index in [4.69, 9.17) is 23.2 Å². The fourth-order valence-electron chi connectivity index (χ4n) is 2.61. The lowest BCUT2D eigenvalue weighted by molar-refractivity contribution is -0.113. The highest BCUT2D eigenvalue weighted by molar-refractivity contribution is 7.99. The lowest BCUT2D eigenvalue weighted by atomic mass is 10.2. The highest BCUT2D eigenvalue weighted by Crippen LogP contribution is 2.24. The summed E-state index contributed by atoms with van der Waals surface area (Å²) in [7, 11) is 0. The summed E-state index contributed by atoms with van der Waals surface area (Å²) in [6.07, 6.45) is 3.31. The Morgan fingerprint density at radius 3 is 2.84 bits per heavy atom. The van der Waals surface area contributed by atoms with Gasteiger partial charge in [0.2, 0.25) is 5.91 Å². The summed E-state index contributed by atoms with van der Waals surface area (Å²) < 4.78 is 1.79. The van der Waals surface area contributed by atoms with E-state index in [0.717, 1.165) is 0 Å². The van der Waals surface area contributed by atoms with E-state index in [0.29, 0.717) is 33.2 Å². The maximum atomic E-state index is 12.6. The van der Waals surface area contributed by atoms with Crippen LogP contribution in [0.1, 0.15) is 29.1 Å². The van der Waals surface area contributed by atoms with Gasteiger partial charge in [-0.1, -0.05) is 41.0 Å². The van der Waals surface area contributed by atoms with Gasteiger partial charge < -0.3 is 15.2 Å². The summed E-state index contributed by atoms with van der Waals surface area (Å²) >= 11 is 14.6. The summed E-state index contributed by atoms with van der Waals surface area (Å²) in [6, 6.07) is 4.20. The number of carbonyl (C=O) groups is 2. The van der Waals surface area contributed by atoms with E-state index in [1.165, 1.54) is 29.2 Å². The van der Waals surface area contributed by atoms with Crippen molar-refractivity contribution in [2.45, 2.75) is 24.7 Å². The number of nitrogens with one attached hydrogen (secondary N) is 2. The minimum Gasteiger partial charge on any atom is -0.342 e. The normalized spacial score (nSPS) is 11.7. The number of benzene rings is 1. The maximum absolute atomic E-state index is 12.6. The molecule has 0 radical (unpaired) electrons. The molecule has 2 N–H and O–H groups in total. The molecule has 0 aliphatic rings. The summed E-state index contributed by atoms with van der Waals surface area (Å²) in [5.74, 6) is 0.101. The van der Waals surface area contributed by atoms with Crippen LogP contribution in [-0.4, -0.2) is 37.3 Å². The molecular weight excluding hydrogens is 479 g/mol. The van der Waals surface area contributed by atoms with Gasteiger partial charge in [0.1, 0.15) is 0 Å². The molecule has 0 saturated carbocycles. The van der Waals surface area contributed by atoms with Gasteiger partial charge in [0.15, 0.2) is 16.1 Å². The third kappa shape index (κ3) is 6.07. The Bertz CT molecular complexity index is 1090. The van der Waals surface area contributed by atoms with Crippen molar-refractivity contribution in [1.82, 2.24) is 25.1 Å². The fourth-order valence-corrected chi connectivity index (χ4v) is 4.41. The van der Waals surface area contributed by atoms with Crippen molar-refractivity contribution >= 4 is 63.2 Å². The molecule has 3 aromatic rings. The molecule has 0 aliphatic heterocycles. The zero-order valence-electron chi connectivity index (χ0n) is 16.3. The first-order chi connectivity index (χ1) is 14.9. The van der Waals surface area contributed by atoms with Crippen molar-refractivity contribution in [2.75, 3.05) is 11.1 Å². The van der Waals surface area contributed by atoms with Crippen molar-refractivity contribution in [2.24, 2.45) is 0 Å². The summed E-state index contributed by atoms with van der Waals surface area (Å²) in [5.41, 5.74) is 0.307. The molecule has 8 nitrogen and oxygen atoms in total. The number of halogens is 2. The average Bonchev–Trinajstić information content (AvgIpc) is 3.36. The molecule has 2 amide bonds. The van der Waals surface area contributed by atoms with Crippen LogP contribution in [0.3, 0.4) is 0 Å². The Morgan fingerprint density at radius 2 is 2.16 bits per heavy atom. The maximum Gasteiger partial charge on any atom is 0.253 e. The van der Waals surface area contributed by atoms with E-state index < -0.39 is 6.04 Å². The van der Waals surface area contributed by atoms with Gasteiger partial charge in [-0.2, -0.15) is 0 Å². The van der Waals surface area contributed by atoms with Gasteiger partial charge in [-0.15, -0.1) is 28.1 Å². The van der Waals surface area contributed by atoms with E-state index in [1.807, 2.05) is 0 Å². The van der Waals surface area contributed by atoms with Crippen LogP contribution in [0.5, 0.6) is 0 Å². The van der Waals surface area contributed by atoms with Crippen LogP contribution in [0.25, 0.3) is 0 Å². The zero-order chi connectivity index (χ0) is 22.4. The topological polar surface area (TPSA) is 102 Å². The number of allylic oxidation sites excluding steroid dienone is 1. The van der Waals surface area contributed by atoms with Gasteiger partial charge in [0, 0.05) is 23.1 Å². The highest BCUT2D eigenvalue weighted by atomic mass is 35.5. The molecule has 0 saturated heterocycles. The van der Waals surface area contributed by atoms with Crippen LogP contribution in [-0.2, 0) is 11.3 Å². The number of anilines is 1. The van der Waals surface area contributed by atoms with Gasteiger partial charge in [0.25, 0.3) is 5.91 Å². The number of rotatable bonds is 9. The highest BCUT2D eigenvalue weighted by Gasteiger charge is 2.21. The summed E-state index contributed by atoms with van der Waals surface area (Å²) in [4.78, 5) is 28.8. The SMILES string of the molecule is C=CCn1c(SCC(=O)Nc2nccs2)nnc1C(C)NC(=O)c1ccc(Cl)cc1Cl. The molecule has 2 heterocycles. The van der Waals surface area contributed by atoms with Crippen LogP contribution in [0.4, 0.5) is 5.13 Å². The Balaban J connectivity index is 1.69. The summed E-state index contributed by atoms with van der Waals surface area (Å²) in [5, 5.41) is 17.5. The number of thioether (sulfide) groups is 1. The molecule has 1 atom stereocenters. The number of aromatic nitrogens is 4. The minimum absolute atomic E-state index is 0.135. The van der Waals surface area contributed by atoms with Gasteiger partial charge in [-0.05, 0) is 25.1 Å². The Hall–Kier alpha value is -2.40. The predicted molar refractivity (Wildman–Crippen MR) is 124 cm³/mol. The Labute approximate surface area is 197 Å². The van der Waals surface area contributed by atoms with Crippen LogP contribution in [0.2, 0.25) is 10.0 Å². The first-order valence-corrected chi connectivity index (χ1v) is 11.6. The molecule has 3 rings (SSSR count). The smallest absolute Gasteiger partial charge is 0.253 e. The van der Waals surface area contributed by atoms with Crippen LogP contribution < -0.4 is 10.6 Å². The molecule has 1 unspecified atom stereocenters. The Kier molecular flexibility index (Phi) is 8.08. The Morgan fingerprint density at radius 1 is 1.35 bits per heavy atom. The predicted octanol–water partition coefficient (Wildman–Crippen LogP) is 4.45. The third-order valence-electron chi connectivity index (χ3n) is 3.98. The molecule has 0 fully saturated rings. The fraction of sp³-hybridized carbons (Fsp3) is 0.211. The van der Waals surface area contributed by atoms with Crippen LogP contribution >= 0.6 is 46.3 Å². The van der Waals surface area contributed by atoms with Crippen molar-refractivity contribution < 1.29 is 9.59 Å². The second-order valence-corrected chi connectivity index (χ2v) is 8.91. The molecular formula is C19H18Cl2N6O2S2. The molecule has 1 aromatic carbocycles. The lowest BCUT2D eigenvalue weighted by Gasteiger charge is -2.15. The van der Waals surface area contributed by atoms with Gasteiger partial charge in [-0.3, -0.25) is 9.59 Å². The molecule has 0 aliphatic carbocycles. The number of carbonyl (C=O) groups excluding carboxylic acids is 2. The first kappa shape index (κ1) is 23.3. The quantitative estimate of drug-likeness (QED) is 0.335. The van der Waals surface area contributed by atoms with Crippen LogP contribution in [0.15, 0.2) is 47.6 Å². The van der Waals surface area contributed by atoms with E-state index in [9.17, 15) is 9.59 Å². The lowest BCUT2D eigenvalue weighted by Crippen LogP contribution is -2.29. The van der Waals surface area contributed by atoms with Gasteiger partial charge in [0.05, 0.1) is 22.4 Å². The molecule has 162 valence electrons. The van der Waals surface area contributed by atoms with E-state index in [-0.39, 0.29) is 22.6 Å². The number of hydrogen-bond acceptors (Lipinski definition) is 7. The summed E-state index contributed by atoms with van der Waals surface area (Å²) in [6.45, 7) is 5.97. The monoisotopic (exact) mass is 496 g/mol. The van der Waals surface area contributed by atoms with E-state index >= 15 is 0 Å². The number of hydrogen-bond donors (Lipinski definition) is 2. The molecule has 12 heteroatoms. The second kappa shape index (κ2) is 10.8. The second-order valence-electron chi connectivity index (χ2n) is 6.23. The molecule has 0 spiro atoms. The number of thiazole rings is 1. The minimum atomic E-state index is -0.467. The van der Waals surface area contributed by atoms with Crippen molar-refractivity contribution in [3.8, 4) is 0 Å². The first-order valence-electron chi connectivity index (χ1n) is 9.01. The zero-order valence-corrected chi connectivity index (χ0v) is 19.5. The molecule has 2 aromatic heterocycles. The van der Waals surface area contributed by atoms with Crippen LogP contribution in [0, 0.1) is 0 Å². The molecule has 0 bridgehead atoms. The van der Waals surface area contributed by atoms with Gasteiger partial charge >= 0.3 is 0 Å². The van der Waals surface area contributed by atoms with Crippen molar-refractivity contribution in [3.63, 3.8) is 0 Å². The van der Waals surface area contributed by atoms with Crippen molar-refractivity contribution in [3.05, 3.63) is 63.9 Å². The van der Waals surface area contributed by atoms with E-state index in [2.05, 4.69) is 32.4 Å². The van der Waals surface area contributed by atoms with E-state index in [1.54, 1.807) is 41.3 Å². The standard InChI is InChI=1S/C19H18Cl2N6O2S2/c1-3-7-27-16(11(2)23-17(29)13-5-4-12(20)9-14(13)21)25-26-19(27)31-10-15(28)24-18-22-6-8-30-18/h3-6,8-9,11H,1,7,10H2,2H3,(H,23,29)(H,22,24,28). The third-order valence-corrected chi connectivity index (χ3v) is 6.18.